The highest BCUT2D eigenvalue weighted by molar-refractivity contribution is 7.90. The number of aryl methyl sites for hydroxylation is 1. The van der Waals surface area contributed by atoms with Gasteiger partial charge in [0.2, 0.25) is 0 Å². The minimum absolute atomic E-state index is 0.0398. The number of aromatic nitrogens is 1. The molecule has 1 heterocycles. The van der Waals surface area contributed by atoms with Gasteiger partial charge in [-0.15, -0.1) is 0 Å². The minimum atomic E-state index is -3.75. The Bertz CT molecular complexity index is 1050. The highest BCUT2D eigenvalue weighted by Gasteiger charge is 2.25. The van der Waals surface area contributed by atoms with Gasteiger partial charge in [0, 0.05) is 23.6 Å². The zero-order valence-electron chi connectivity index (χ0n) is 14.3. The summed E-state index contributed by atoms with van der Waals surface area (Å²) in [5, 5.41) is 0.761. The summed E-state index contributed by atoms with van der Waals surface area (Å²) in [5.41, 5.74) is 2.80. The maximum Gasteiger partial charge on any atom is 0.302 e. The Labute approximate surface area is 146 Å². The Morgan fingerprint density at radius 3 is 2.32 bits per heavy atom. The molecule has 0 saturated carbocycles. The predicted octanol–water partition coefficient (Wildman–Crippen LogP) is 3.56. The average Bonchev–Trinajstić information content (AvgIpc) is 2.85. The highest BCUT2D eigenvalue weighted by Crippen LogP contribution is 2.30. The van der Waals surface area contributed by atoms with Crippen molar-refractivity contribution < 1.29 is 17.9 Å². The van der Waals surface area contributed by atoms with Gasteiger partial charge in [-0.3, -0.25) is 4.79 Å². The molecular formula is C19H19NO4S. The summed E-state index contributed by atoms with van der Waals surface area (Å²) in [7, 11) is -3.75. The molecule has 6 heteroatoms. The van der Waals surface area contributed by atoms with Crippen LogP contribution in [0.4, 0.5) is 0 Å². The molecule has 5 nitrogen and oxygen atoms in total. The Kier molecular flexibility index (Phi) is 4.39. The van der Waals surface area contributed by atoms with E-state index in [9.17, 15) is 13.2 Å². The fourth-order valence-corrected chi connectivity index (χ4v) is 4.47. The number of esters is 1. The van der Waals surface area contributed by atoms with E-state index in [1.807, 2.05) is 19.1 Å². The van der Waals surface area contributed by atoms with Gasteiger partial charge >= 0.3 is 5.97 Å². The number of hydrogen-bond donors (Lipinski definition) is 0. The third kappa shape index (κ3) is 3.05. The number of ether oxygens (including phenoxy) is 1. The van der Waals surface area contributed by atoms with Crippen LogP contribution in [0.1, 0.15) is 23.7 Å². The van der Waals surface area contributed by atoms with Crippen molar-refractivity contribution in [1.29, 1.82) is 0 Å². The lowest BCUT2D eigenvalue weighted by Gasteiger charge is -2.11. The maximum absolute atomic E-state index is 13.2. The van der Waals surface area contributed by atoms with Crippen LogP contribution < -0.4 is 0 Å². The second-order valence-electron chi connectivity index (χ2n) is 5.94. The maximum atomic E-state index is 13.2. The second kappa shape index (κ2) is 6.37. The van der Waals surface area contributed by atoms with Gasteiger partial charge in [0.1, 0.15) is 6.61 Å². The molecular weight excluding hydrogens is 338 g/mol. The molecule has 0 bridgehead atoms. The summed E-state index contributed by atoms with van der Waals surface area (Å²) in [6.07, 6.45) is 0. The molecule has 0 radical (unpaired) electrons. The van der Waals surface area contributed by atoms with Crippen LogP contribution in [0.2, 0.25) is 0 Å². The lowest BCUT2D eigenvalue weighted by Crippen LogP contribution is -2.14. The summed E-state index contributed by atoms with van der Waals surface area (Å²) in [5.74, 6) is -0.405. The van der Waals surface area contributed by atoms with E-state index >= 15 is 0 Å². The molecule has 3 aromatic rings. The molecule has 0 aliphatic carbocycles. The van der Waals surface area contributed by atoms with Crippen molar-refractivity contribution in [1.82, 2.24) is 3.97 Å². The minimum Gasteiger partial charge on any atom is -0.461 e. The molecule has 0 amide bonds. The van der Waals surface area contributed by atoms with Gasteiger partial charge in [-0.2, -0.15) is 0 Å². The molecule has 0 aliphatic heterocycles. The Morgan fingerprint density at radius 1 is 1.04 bits per heavy atom. The first-order valence-corrected chi connectivity index (χ1v) is 9.31. The van der Waals surface area contributed by atoms with E-state index in [0.717, 1.165) is 10.9 Å². The SMILES string of the molecule is CC(=O)OCc1c(C)n(S(=O)(=O)c2ccc(C)cc2)c2ccccc12. The zero-order valence-corrected chi connectivity index (χ0v) is 15.1. The van der Waals surface area contributed by atoms with Gasteiger partial charge in [-0.1, -0.05) is 35.9 Å². The second-order valence-corrected chi connectivity index (χ2v) is 7.73. The predicted molar refractivity (Wildman–Crippen MR) is 95.9 cm³/mol. The van der Waals surface area contributed by atoms with Crippen LogP contribution in [0.15, 0.2) is 53.4 Å². The molecule has 0 atom stereocenters. The number of carbonyl (C=O) groups excluding carboxylic acids is 1. The number of para-hydroxylation sites is 1. The number of rotatable bonds is 4. The van der Waals surface area contributed by atoms with Crippen LogP contribution >= 0.6 is 0 Å². The number of benzene rings is 2. The first kappa shape index (κ1) is 17.2. The lowest BCUT2D eigenvalue weighted by atomic mass is 10.1. The Hall–Kier alpha value is -2.60. The van der Waals surface area contributed by atoms with E-state index in [1.165, 1.54) is 10.9 Å². The Morgan fingerprint density at radius 2 is 1.68 bits per heavy atom. The molecule has 130 valence electrons. The van der Waals surface area contributed by atoms with Crippen molar-refractivity contribution in [2.24, 2.45) is 0 Å². The van der Waals surface area contributed by atoms with Gasteiger partial charge in [0.05, 0.1) is 10.4 Å². The van der Waals surface area contributed by atoms with Gasteiger partial charge in [0.15, 0.2) is 0 Å². The molecule has 0 saturated heterocycles. The average molecular weight is 357 g/mol. The number of fused-ring (bicyclic) bond motifs is 1. The van der Waals surface area contributed by atoms with Crippen LogP contribution in [0, 0.1) is 13.8 Å². The molecule has 0 spiro atoms. The molecule has 0 N–H and O–H groups in total. The van der Waals surface area contributed by atoms with E-state index in [4.69, 9.17) is 4.74 Å². The summed E-state index contributed by atoms with van der Waals surface area (Å²) < 4.78 is 32.8. The van der Waals surface area contributed by atoms with Crippen LogP contribution in [0.3, 0.4) is 0 Å². The van der Waals surface area contributed by atoms with Gasteiger partial charge in [-0.05, 0) is 32.0 Å². The first-order valence-electron chi connectivity index (χ1n) is 7.87. The van der Waals surface area contributed by atoms with Crippen molar-refractivity contribution in [3.63, 3.8) is 0 Å². The van der Waals surface area contributed by atoms with E-state index in [-0.39, 0.29) is 11.5 Å². The van der Waals surface area contributed by atoms with Crippen molar-refractivity contribution in [2.45, 2.75) is 32.3 Å². The largest absolute Gasteiger partial charge is 0.461 e. The summed E-state index contributed by atoms with van der Waals surface area (Å²) >= 11 is 0. The standard InChI is InChI=1S/C19H19NO4S/c1-13-8-10-16(11-9-13)25(22,23)20-14(2)18(12-24-15(3)21)17-6-4-5-7-19(17)20/h4-11H,12H2,1-3H3. The van der Waals surface area contributed by atoms with Crippen molar-refractivity contribution in [3.8, 4) is 0 Å². The summed E-state index contributed by atoms with van der Waals surface area (Å²) in [6, 6.07) is 14.0. The van der Waals surface area contributed by atoms with Gasteiger partial charge in [0.25, 0.3) is 10.0 Å². The molecule has 3 rings (SSSR count). The van der Waals surface area contributed by atoms with E-state index in [1.54, 1.807) is 43.3 Å². The monoisotopic (exact) mass is 357 g/mol. The molecule has 25 heavy (non-hydrogen) atoms. The number of carbonyl (C=O) groups is 1. The molecule has 0 fully saturated rings. The van der Waals surface area contributed by atoms with Gasteiger partial charge < -0.3 is 4.74 Å². The quantitative estimate of drug-likeness (QED) is 0.670. The molecule has 0 unspecified atom stereocenters. The van der Waals surface area contributed by atoms with Gasteiger partial charge in [-0.25, -0.2) is 12.4 Å². The normalized spacial score (nSPS) is 11.6. The van der Waals surface area contributed by atoms with Crippen molar-refractivity contribution in [2.75, 3.05) is 0 Å². The van der Waals surface area contributed by atoms with Crippen LogP contribution in [0.25, 0.3) is 10.9 Å². The van der Waals surface area contributed by atoms with Crippen LogP contribution in [0.5, 0.6) is 0 Å². The number of nitrogens with zero attached hydrogens (tertiary/aromatic N) is 1. The summed E-state index contributed by atoms with van der Waals surface area (Å²) in [6.45, 7) is 5.00. The number of hydrogen-bond acceptors (Lipinski definition) is 4. The van der Waals surface area contributed by atoms with Crippen LogP contribution in [-0.4, -0.2) is 18.4 Å². The smallest absolute Gasteiger partial charge is 0.302 e. The molecule has 2 aromatic carbocycles. The fraction of sp³-hybridized carbons (Fsp3) is 0.211. The van der Waals surface area contributed by atoms with E-state index in [0.29, 0.717) is 16.8 Å². The zero-order chi connectivity index (χ0) is 18.2. The molecule has 1 aromatic heterocycles. The topological polar surface area (TPSA) is 65.4 Å². The highest BCUT2D eigenvalue weighted by atomic mass is 32.2. The van der Waals surface area contributed by atoms with Crippen molar-refractivity contribution in [3.05, 3.63) is 65.4 Å². The first-order chi connectivity index (χ1) is 11.8. The molecule has 0 aliphatic rings. The van der Waals surface area contributed by atoms with E-state index < -0.39 is 16.0 Å². The summed E-state index contributed by atoms with van der Waals surface area (Å²) in [4.78, 5) is 11.4. The third-order valence-corrected chi connectivity index (χ3v) is 5.99. The van der Waals surface area contributed by atoms with E-state index in [2.05, 4.69) is 0 Å². The van der Waals surface area contributed by atoms with Crippen LogP contribution in [-0.2, 0) is 26.2 Å². The Balaban J connectivity index is 2.24. The third-order valence-electron chi connectivity index (χ3n) is 4.17. The fourth-order valence-electron chi connectivity index (χ4n) is 2.89. The lowest BCUT2D eigenvalue weighted by molar-refractivity contribution is -0.142. The van der Waals surface area contributed by atoms with Crippen molar-refractivity contribution >= 4 is 26.9 Å².